The molecule has 7 heteroatoms. The Hall–Kier alpha value is -2.96. The molecule has 0 atom stereocenters. The Morgan fingerprint density at radius 1 is 1.11 bits per heavy atom. The van der Waals surface area contributed by atoms with Gasteiger partial charge >= 0.3 is 6.18 Å². The fourth-order valence-corrected chi connectivity index (χ4v) is 2.99. The first-order valence-electron chi connectivity index (χ1n) is 8.45. The summed E-state index contributed by atoms with van der Waals surface area (Å²) in [6.45, 7) is -1.31. The van der Waals surface area contributed by atoms with E-state index in [2.05, 4.69) is 4.98 Å². The van der Waals surface area contributed by atoms with Gasteiger partial charge in [0.15, 0.2) is 0 Å². The van der Waals surface area contributed by atoms with Crippen molar-refractivity contribution in [1.29, 1.82) is 0 Å². The minimum atomic E-state index is -4.41. The number of alkyl halides is 3. The van der Waals surface area contributed by atoms with Crippen molar-refractivity contribution in [3.8, 4) is 17.0 Å². The molecular formula is C20H19F3N2O2. The van der Waals surface area contributed by atoms with Crippen LogP contribution in [-0.2, 0) is 11.2 Å². The molecule has 0 aliphatic heterocycles. The molecule has 0 unspecified atom stereocenters. The first kappa shape index (κ1) is 18.8. The minimum absolute atomic E-state index is 0.0267. The number of para-hydroxylation sites is 1. The summed E-state index contributed by atoms with van der Waals surface area (Å²) in [5.41, 5.74) is 3.58. The molecule has 2 aromatic carbocycles. The topological polar surface area (TPSA) is 54.1 Å². The van der Waals surface area contributed by atoms with Gasteiger partial charge in [0, 0.05) is 23.0 Å². The molecule has 4 nitrogen and oxygen atoms in total. The number of hydrogen-bond acceptors (Lipinski definition) is 2. The Balaban J connectivity index is 1.85. The second-order valence-electron chi connectivity index (χ2n) is 6.14. The molecule has 0 saturated carbocycles. The molecule has 142 valence electrons. The Morgan fingerprint density at radius 2 is 1.81 bits per heavy atom. The molecule has 0 spiro atoms. The van der Waals surface area contributed by atoms with Crippen molar-refractivity contribution < 1.29 is 22.7 Å². The van der Waals surface area contributed by atoms with Crippen LogP contribution in [0.5, 0.6) is 5.75 Å². The van der Waals surface area contributed by atoms with Crippen LogP contribution >= 0.6 is 0 Å². The van der Waals surface area contributed by atoms with Gasteiger partial charge in [-0.15, -0.1) is 0 Å². The predicted molar refractivity (Wildman–Crippen MR) is 97.7 cm³/mol. The standard InChI is InChI=1S/C20H19F3N2O2/c1-27-14-8-6-13(7-9-14)19-16(15-4-2-3-5-17(15)25-19)10-11-18(26)24-12-20(21,22)23/h2-9,25H,10-12H2,1H3,(H,24,26). The number of halogens is 3. The molecule has 2 N–H and O–H groups in total. The van der Waals surface area contributed by atoms with Crippen LogP contribution in [0.2, 0.25) is 0 Å². The summed E-state index contributed by atoms with van der Waals surface area (Å²) in [4.78, 5) is 15.2. The fourth-order valence-electron chi connectivity index (χ4n) is 2.99. The fraction of sp³-hybridized carbons (Fsp3) is 0.250. The monoisotopic (exact) mass is 376 g/mol. The summed E-state index contributed by atoms with van der Waals surface area (Å²) >= 11 is 0. The highest BCUT2D eigenvalue weighted by Gasteiger charge is 2.27. The number of rotatable bonds is 6. The van der Waals surface area contributed by atoms with Gasteiger partial charge in [-0.2, -0.15) is 13.2 Å². The van der Waals surface area contributed by atoms with Gasteiger partial charge in [-0.05, 0) is 47.9 Å². The van der Waals surface area contributed by atoms with E-state index in [0.717, 1.165) is 33.5 Å². The molecule has 1 heterocycles. The molecule has 3 aromatic rings. The summed E-state index contributed by atoms with van der Waals surface area (Å²) in [6, 6.07) is 15.1. The number of fused-ring (bicyclic) bond motifs is 1. The Labute approximate surface area is 154 Å². The number of carbonyl (C=O) groups excluding carboxylic acids is 1. The molecule has 3 rings (SSSR count). The van der Waals surface area contributed by atoms with Crippen molar-refractivity contribution >= 4 is 16.8 Å². The number of hydrogen-bond donors (Lipinski definition) is 2. The number of aromatic nitrogens is 1. The summed E-state index contributed by atoms with van der Waals surface area (Å²) in [6.07, 6.45) is -4.11. The van der Waals surface area contributed by atoms with Crippen LogP contribution in [0, 0.1) is 0 Å². The number of nitrogens with one attached hydrogen (secondary N) is 2. The molecule has 1 aromatic heterocycles. The number of benzene rings is 2. The van der Waals surface area contributed by atoms with Gasteiger partial charge in [-0.25, -0.2) is 0 Å². The highest BCUT2D eigenvalue weighted by molar-refractivity contribution is 5.91. The molecule has 1 amide bonds. The van der Waals surface area contributed by atoms with Crippen molar-refractivity contribution in [1.82, 2.24) is 10.3 Å². The lowest BCUT2D eigenvalue weighted by Gasteiger charge is -2.09. The number of carbonyl (C=O) groups is 1. The lowest BCUT2D eigenvalue weighted by molar-refractivity contribution is -0.138. The maximum Gasteiger partial charge on any atom is 0.405 e. The third-order valence-electron chi connectivity index (χ3n) is 4.28. The molecule has 27 heavy (non-hydrogen) atoms. The van der Waals surface area contributed by atoms with Crippen molar-refractivity contribution in [3.63, 3.8) is 0 Å². The van der Waals surface area contributed by atoms with Gasteiger partial charge in [0.05, 0.1) is 7.11 Å². The van der Waals surface area contributed by atoms with E-state index in [1.807, 2.05) is 53.8 Å². The van der Waals surface area contributed by atoms with E-state index in [1.54, 1.807) is 7.11 Å². The smallest absolute Gasteiger partial charge is 0.405 e. The van der Waals surface area contributed by atoms with E-state index in [9.17, 15) is 18.0 Å². The summed E-state index contributed by atoms with van der Waals surface area (Å²) < 4.78 is 41.9. The van der Waals surface area contributed by atoms with Crippen molar-refractivity contribution in [2.75, 3.05) is 13.7 Å². The maximum atomic E-state index is 12.3. The summed E-state index contributed by atoms with van der Waals surface area (Å²) in [5.74, 6) is 0.0984. The van der Waals surface area contributed by atoms with Gasteiger partial charge < -0.3 is 15.0 Å². The molecule has 0 radical (unpaired) electrons. The van der Waals surface area contributed by atoms with Gasteiger partial charge in [0.25, 0.3) is 0 Å². The SMILES string of the molecule is COc1ccc(-c2[nH]c3ccccc3c2CCC(=O)NCC(F)(F)F)cc1. The molecule has 0 aliphatic carbocycles. The molecule has 0 fully saturated rings. The Morgan fingerprint density at radius 3 is 2.48 bits per heavy atom. The number of amides is 1. The second-order valence-corrected chi connectivity index (χ2v) is 6.14. The van der Waals surface area contributed by atoms with Crippen molar-refractivity contribution in [2.45, 2.75) is 19.0 Å². The van der Waals surface area contributed by atoms with E-state index in [1.165, 1.54) is 0 Å². The zero-order valence-electron chi connectivity index (χ0n) is 14.7. The number of aromatic amines is 1. The lowest BCUT2D eigenvalue weighted by Crippen LogP contribution is -2.33. The van der Waals surface area contributed by atoms with E-state index in [0.29, 0.717) is 6.42 Å². The second kappa shape index (κ2) is 7.73. The van der Waals surface area contributed by atoms with Crippen LogP contribution in [0.4, 0.5) is 13.2 Å². The largest absolute Gasteiger partial charge is 0.497 e. The normalized spacial score (nSPS) is 11.6. The van der Waals surface area contributed by atoms with E-state index in [-0.39, 0.29) is 6.42 Å². The molecule has 0 bridgehead atoms. The molecular weight excluding hydrogens is 357 g/mol. The third-order valence-corrected chi connectivity index (χ3v) is 4.28. The Kier molecular flexibility index (Phi) is 5.39. The van der Waals surface area contributed by atoms with E-state index in [4.69, 9.17) is 4.74 Å². The van der Waals surface area contributed by atoms with Gasteiger partial charge in [-0.3, -0.25) is 4.79 Å². The average molecular weight is 376 g/mol. The van der Waals surface area contributed by atoms with E-state index < -0.39 is 18.6 Å². The Bertz CT molecular complexity index is 931. The lowest BCUT2D eigenvalue weighted by atomic mass is 10.0. The number of aryl methyl sites for hydroxylation is 1. The van der Waals surface area contributed by atoms with Crippen LogP contribution in [0.3, 0.4) is 0 Å². The van der Waals surface area contributed by atoms with Crippen LogP contribution in [0.1, 0.15) is 12.0 Å². The first-order chi connectivity index (χ1) is 12.9. The van der Waals surface area contributed by atoms with Crippen LogP contribution in [0.15, 0.2) is 48.5 Å². The zero-order chi connectivity index (χ0) is 19.4. The zero-order valence-corrected chi connectivity index (χ0v) is 14.7. The van der Waals surface area contributed by atoms with Crippen LogP contribution < -0.4 is 10.1 Å². The minimum Gasteiger partial charge on any atom is -0.497 e. The third kappa shape index (κ3) is 4.61. The van der Waals surface area contributed by atoms with Gasteiger partial charge in [0.1, 0.15) is 12.3 Å². The highest BCUT2D eigenvalue weighted by Crippen LogP contribution is 2.32. The van der Waals surface area contributed by atoms with Crippen LogP contribution in [-0.4, -0.2) is 30.7 Å². The average Bonchev–Trinajstić information content (AvgIpc) is 3.03. The number of ether oxygens (including phenoxy) is 1. The first-order valence-corrected chi connectivity index (χ1v) is 8.45. The highest BCUT2D eigenvalue weighted by atomic mass is 19.4. The van der Waals surface area contributed by atoms with Crippen LogP contribution in [0.25, 0.3) is 22.2 Å². The van der Waals surface area contributed by atoms with Crippen molar-refractivity contribution in [2.24, 2.45) is 0 Å². The number of methoxy groups -OCH3 is 1. The summed E-state index contributed by atoms with van der Waals surface area (Å²) in [5, 5.41) is 2.87. The quantitative estimate of drug-likeness (QED) is 0.668. The predicted octanol–water partition coefficient (Wildman–Crippen LogP) is 4.45. The summed E-state index contributed by atoms with van der Waals surface area (Å²) in [7, 11) is 1.59. The molecule has 0 aliphatic rings. The van der Waals surface area contributed by atoms with E-state index >= 15 is 0 Å². The number of H-pyrrole nitrogens is 1. The van der Waals surface area contributed by atoms with Crippen molar-refractivity contribution in [3.05, 3.63) is 54.1 Å². The van der Waals surface area contributed by atoms with Gasteiger partial charge in [-0.1, -0.05) is 18.2 Å². The molecule has 0 saturated heterocycles. The maximum absolute atomic E-state index is 12.3. The van der Waals surface area contributed by atoms with Gasteiger partial charge in [0.2, 0.25) is 5.91 Å².